The van der Waals surface area contributed by atoms with Crippen LogP contribution in [0.3, 0.4) is 0 Å². The number of carbonyl (C=O) groups excluding carboxylic acids is 1. The molecule has 1 aromatic rings. The van der Waals surface area contributed by atoms with Crippen LogP contribution in [-0.2, 0) is 28.5 Å². The van der Waals surface area contributed by atoms with Crippen molar-refractivity contribution in [1.82, 2.24) is 5.43 Å². The van der Waals surface area contributed by atoms with E-state index >= 15 is 0 Å². The lowest BCUT2D eigenvalue weighted by molar-refractivity contribution is -0.384. The van der Waals surface area contributed by atoms with Crippen LogP contribution in [-0.4, -0.2) is 59.3 Å². The number of fused-ring (bicyclic) bond motifs is 3. The van der Waals surface area contributed by atoms with Crippen LogP contribution in [0.4, 0.5) is 5.69 Å². The molecule has 5 fully saturated rings. The van der Waals surface area contributed by atoms with Crippen LogP contribution in [0.5, 0.6) is 0 Å². The van der Waals surface area contributed by atoms with Crippen LogP contribution >= 0.6 is 0 Å². The molecule has 0 aromatic heterocycles. The van der Waals surface area contributed by atoms with E-state index in [9.17, 15) is 14.9 Å². The second-order valence-corrected chi connectivity index (χ2v) is 10.3. The zero-order valence-corrected chi connectivity index (χ0v) is 20.0. The minimum Gasteiger partial charge on any atom is -0.341 e. The van der Waals surface area contributed by atoms with Crippen molar-refractivity contribution in [3.8, 4) is 0 Å². The number of nitrogens with one attached hydrogen (secondary N) is 1. The molecule has 11 heteroatoms. The second-order valence-electron chi connectivity index (χ2n) is 10.3. The van der Waals surface area contributed by atoms with Gasteiger partial charge in [-0.3, -0.25) is 14.9 Å². The van der Waals surface area contributed by atoms with Crippen LogP contribution in [0, 0.1) is 10.1 Å². The first-order valence-electron chi connectivity index (χ1n) is 12.9. The van der Waals surface area contributed by atoms with Gasteiger partial charge >= 0.3 is 0 Å². The van der Waals surface area contributed by atoms with E-state index in [-0.39, 0.29) is 5.69 Å². The third-order valence-electron chi connectivity index (χ3n) is 7.84. The summed E-state index contributed by atoms with van der Waals surface area (Å²) in [5, 5.41) is 15.0. The molecule has 0 radical (unpaired) electrons. The molecule has 2 spiro atoms. The minimum absolute atomic E-state index is 0.0564. The molecule has 1 N–H and O–H groups in total. The normalized spacial score (nSPS) is 34.5. The number of amides is 1. The smallest absolute Gasteiger partial charge is 0.272 e. The van der Waals surface area contributed by atoms with Crippen LogP contribution in [0.2, 0.25) is 0 Å². The Morgan fingerprint density at radius 3 is 2.28 bits per heavy atom. The Bertz CT molecular complexity index is 1040. The van der Waals surface area contributed by atoms with E-state index in [1.54, 1.807) is 12.1 Å². The number of carbonyl (C=O) groups is 1. The highest BCUT2D eigenvalue weighted by atomic mass is 16.9. The van der Waals surface area contributed by atoms with Crippen molar-refractivity contribution in [2.24, 2.45) is 5.10 Å². The highest BCUT2D eigenvalue weighted by molar-refractivity contribution is 5.85. The van der Waals surface area contributed by atoms with Crippen molar-refractivity contribution >= 4 is 17.8 Å². The summed E-state index contributed by atoms with van der Waals surface area (Å²) in [5.74, 6) is -1.92. The lowest BCUT2D eigenvalue weighted by Crippen LogP contribution is -2.59. The Morgan fingerprint density at radius 1 is 0.944 bits per heavy atom. The number of hydrazone groups is 1. The van der Waals surface area contributed by atoms with E-state index in [4.69, 9.17) is 23.7 Å². The van der Waals surface area contributed by atoms with Crippen LogP contribution in [0.1, 0.15) is 69.8 Å². The largest absolute Gasteiger partial charge is 0.341 e. The van der Waals surface area contributed by atoms with Gasteiger partial charge in [0.05, 0.1) is 11.1 Å². The van der Waals surface area contributed by atoms with Gasteiger partial charge in [-0.2, -0.15) is 5.10 Å². The number of rotatable bonds is 4. The fourth-order valence-corrected chi connectivity index (χ4v) is 6.12. The zero-order valence-electron chi connectivity index (χ0n) is 20.0. The van der Waals surface area contributed by atoms with Gasteiger partial charge in [0.25, 0.3) is 11.6 Å². The van der Waals surface area contributed by atoms with Crippen LogP contribution in [0.15, 0.2) is 29.4 Å². The van der Waals surface area contributed by atoms with Crippen molar-refractivity contribution in [2.45, 2.75) is 106 Å². The number of benzene rings is 1. The van der Waals surface area contributed by atoms with Gasteiger partial charge in [-0.1, -0.05) is 25.0 Å². The van der Waals surface area contributed by atoms with Gasteiger partial charge in [-0.05, 0) is 25.7 Å². The van der Waals surface area contributed by atoms with E-state index in [0.717, 1.165) is 64.2 Å². The molecular weight excluding hydrogens is 470 g/mol. The van der Waals surface area contributed by atoms with E-state index in [1.165, 1.54) is 18.3 Å². The highest BCUT2D eigenvalue weighted by Gasteiger charge is 2.65. The second kappa shape index (κ2) is 9.46. The zero-order chi connectivity index (χ0) is 24.8. The molecule has 2 aliphatic carbocycles. The Balaban J connectivity index is 1.20. The number of non-ortho nitro benzene ring substituents is 1. The third kappa shape index (κ3) is 4.43. The topological polar surface area (TPSA) is 131 Å². The number of nitro groups is 1. The predicted octanol–water partition coefficient (Wildman–Crippen LogP) is 3.29. The van der Waals surface area contributed by atoms with Gasteiger partial charge in [-0.15, -0.1) is 0 Å². The van der Waals surface area contributed by atoms with Gasteiger partial charge in [0.2, 0.25) is 0 Å². The summed E-state index contributed by atoms with van der Waals surface area (Å²) in [6.07, 6.45) is 7.44. The minimum atomic E-state index is -0.998. The number of nitro benzene ring substituents is 1. The number of nitrogens with zero attached hydrogens (tertiary/aromatic N) is 2. The molecule has 1 amide bonds. The first kappa shape index (κ1) is 23.9. The van der Waals surface area contributed by atoms with Crippen molar-refractivity contribution in [3.05, 3.63) is 39.9 Å². The Labute approximate surface area is 208 Å². The SMILES string of the molecule is O=C(N/N=C\c1cccc([N+](=O)[O-])c1)[C@@H]1O[C@@H]2OC3(CCCCC3)O[C@@H]2[C@@H]2OC3(CCCCC3)O[C@H]21. The summed E-state index contributed by atoms with van der Waals surface area (Å²) in [6.45, 7) is 0. The van der Waals surface area contributed by atoms with Crippen LogP contribution in [0.25, 0.3) is 0 Å². The first-order chi connectivity index (χ1) is 17.5. The monoisotopic (exact) mass is 501 g/mol. The molecule has 0 unspecified atom stereocenters. The molecule has 1 aromatic carbocycles. The average molecular weight is 502 g/mol. The molecular formula is C25H31N3O8. The number of ether oxygens (including phenoxy) is 5. The molecule has 194 valence electrons. The van der Waals surface area contributed by atoms with Gasteiger partial charge in [-0.25, -0.2) is 5.43 Å². The lowest BCUT2D eigenvalue weighted by Gasteiger charge is -2.36. The van der Waals surface area contributed by atoms with Crippen molar-refractivity contribution in [1.29, 1.82) is 0 Å². The Morgan fingerprint density at radius 2 is 1.58 bits per heavy atom. The molecule has 5 aliphatic rings. The number of hydrogen-bond donors (Lipinski definition) is 1. The summed E-state index contributed by atoms with van der Waals surface area (Å²) in [4.78, 5) is 23.8. The van der Waals surface area contributed by atoms with E-state index in [2.05, 4.69) is 10.5 Å². The number of hydrogen-bond acceptors (Lipinski definition) is 9. The van der Waals surface area contributed by atoms with E-state index in [1.807, 2.05) is 0 Å². The Kier molecular flexibility index (Phi) is 6.29. The summed E-state index contributed by atoms with van der Waals surface area (Å²) < 4.78 is 31.9. The highest BCUT2D eigenvalue weighted by Crippen LogP contribution is 2.50. The standard InChI is InChI=1S/C25H31N3O8/c29-22(27-26-15-16-8-7-9-17(14-16)28(30)31)20-18-19(34-24(33-18)10-3-1-4-11-24)21-23(32-20)36-25(35-21)12-5-2-6-13-25/h7-9,14-15,18-21,23H,1-6,10-13H2,(H,27,29)/b26-15-/t18-,19-,20-,21-,23-/m1/s1. The molecule has 11 nitrogen and oxygen atoms in total. The summed E-state index contributed by atoms with van der Waals surface area (Å²) in [6, 6.07) is 5.99. The van der Waals surface area contributed by atoms with Gasteiger partial charge in [0.1, 0.15) is 18.3 Å². The summed E-state index contributed by atoms with van der Waals surface area (Å²) in [7, 11) is 0. The molecule has 36 heavy (non-hydrogen) atoms. The Hall–Kier alpha value is -2.44. The maximum Gasteiger partial charge on any atom is 0.272 e. The van der Waals surface area contributed by atoms with Gasteiger partial charge < -0.3 is 23.7 Å². The van der Waals surface area contributed by atoms with E-state index < -0.39 is 53.1 Å². The van der Waals surface area contributed by atoms with Crippen molar-refractivity contribution in [3.63, 3.8) is 0 Å². The predicted molar refractivity (Wildman–Crippen MR) is 125 cm³/mol. The van der Waals surface area contributed by atoms with Crippen molar-refractivity contribution < 1.29 is 33.4 Å². The van der Waals surface area contributed by atoms with Gasteiger partial charge in [0, 0.05) is 43.4 Å². The first-order valence-corrected chi connectivity index (χ1v) is 12.9. The molecule has 3 saturated heterocycles. The summed E-state index contributed by atoms with van der Waals surface area (Å²) >= 11 is 0. The third-order valence-corrected chi connectivity index (χ3v) is 7.84. The maximum atomic E-state index is 13.2. The fourth-order valence-electron chi connectivity index (χ4n) is 6.12. The van der Waals surface area contributed by atoms with Crippen molar-refractivity contribution in [2.75, 3.05) is 0 Å². The molecule has 0 bridgehead atoms. The maximum absolute atomic E-state index is 13.2. The fraction of sp³-hybridized carbons (Fsp3) is 0.680. The molecule has 6 rings (SSSR count). The van der Waals surface area contributed by atoms with Crippen LogP contribution < -0.4 is 5.43 Å². The quantitative estimate of drug-likeness (QED) is 0.378. The molecule has 5 atom stereocenters. The van der Waals surface area contributed by atoms with Gasteiger partial charge in [0.15, 0.2) is 24.0 Å². The van der Waals surface area contributed by atoms with E-state index in [0.29, 0.717) is 5.56 Å². The average Bonchev–Trinajstić information content (AvgIpc) is 3.42. The summed E-state index contributed by atoms with van der Waals surface area (Å²) in [5.41, 5.74) is 2.94. The molecule has 3 heterocycles. The molecule has 3 aliphatic heterocycles. The molecule has 2 saturated carbocycles. The lowest BCUT2D eigenvalue weighted by atomic mass is 9.94.